The Balaban J connectivity index is 1.58. The summed E-state index contributed by atoms with van der Waals surface area (Å²) < 4.78 is 63.8. The minimum Gasteiger partial charge on any atom is -0.368 e. The molecular weight excluding hydrogens is 544 g/mol. The second kappa shape index (κ2) is 12.2. The van der Waals surface area contributed by atoms with Gasteiger partial charge in [-0.1, -0.05) is 60.7 Å². The summed E-state index contributed by atoms with van der Waals surface area (Å²) in [5.41, 5.74) is 1.99. The van der Waals surface area contributed by atoms with Crippen LogP contribution in [0.2, 0.25) is 0 Å². The highest BCUT2D eigenvalue weighted by molar-refractivity contribution is 5.16. The molecular formula is C32H44O10. The molecule has 0 unspecified atom stereocenters. The van der Waals surface area contributed by atoms with Crippen LogP contribution in [0.3, 0.4) is 0 Å². The van der Waals surface area contributed by atoms with Crippen molar-refractivity contribution in [3.05, 3.63) is 71.8 Å². The summed E-state index contributed by atoms with van der Waals surface area (Å²) in [6.45, 7) is 7.74. The summed E-state index contributed by atoms with van der Waals surface area (Å²) in [6.07, 6.45) is -4.13. The first-order chi connectivity index (χ1) is 20.1. The van der Waals surface area contributed by atoms with E-state index in [9.17, 15) is 0 Å². The Bertz CT molecular complexity index is 1030. The van der Waals surface area contributed by atoms with Gasteiger partial charge in [0.1, 0.15) is 36.6 Å². The van der Waals surface area contributed by atoms with Crippen molar-refractivity contribution >= 4 is 0 Å². The van der Waals surface area contributed by atoms with Gasteiger partial charge in [-0.3, -0.25) is 0 Å². The molecule has 2 aromatic rings. The van der Waals surface area contributed by atoms with Crippen molar-refractivity contribution in [2.24, 2.45) is 0 Å². The Morgan fingerprint density at radius 2 is 0.738 bits per heavy atom. The first-order valence-corrected chi connectivity index (χ1v) is 14.3. The zero-order valence-electron chi connectivity index (χ0n) is 25.7. The topological polar surface area (TPSA) is 92.3 Å². The summed E-state index contributed by atoms with van der Waals surface area (Å²) >= 11 is 0. The first-order valence-electron chi connectivity index (χ1n) is 14.3. The summed E-state index contributed by atoms with van der Waals surface area (Å²) in [6, 6.07) is 19.8. The molecule has 0 bridgehead atoms. The average Bonchev–Trinajstić information content (AvgIpc) is 3.01. The van der Waals surface area contributed by atoms with Gasteiger partial charge < -0.3 is 47.4 Å². The van der Waals surface area contributed by atoms with E-state index in [4.69, 9.17) is 47.4 Å². The van der Waals surface area contributed by atoms with Crippen molar-refractivity contribution in [1.29, 1.82) is 0 Å². The zero-order valence-corrected chi connectivity index (χ0v) is 25.7. The van der Waals surface area contributed by atoms with Gasteiger partial charge in [0.2, 0.25) is 23.1 Å². The molecule has 0 N–H and O–H groups in total. The van der Waals surface area contributed by atoms with Crippen LogP contribution >= 0.6 is 0 Å². The molecule has 0 spiro atoms. The van der Waals surface area contributed by atoms with Gasteiger partial charge in [0.25, 0.3) is 0 Å². The average molecular weight is 589 g/mol. The van der Waals surface area contributed by atoms with Crippen molar-refractivity contribution in [1.82, 2.24) is 0 Å². The zero-order chi connectivity index (χ0) is 30.2. The molecule has 0 radical (unpaired) electrons. The van der Waals surface area contributed by atoms with E-state index < -0.39 is 59.8 Å². The van der Waals surface area contributed by atoms with Gasteiger partial charge in [0.15, 0.2) is 0 Å². The Labute approximate surface area is 248 Å². The van der Waals surface area contributed by atoms with Crippen LogP contribution in [0.25, 0.3) is 0 Å². The third-order valence-electron chi connectivity index (χ3n) is 9.17. The molecule has 2 heterocycles. The quantitative estimate of drug-likeness (QED) is 0.402. The van der Waals surface area contributed by atoms with Crippen LogP contribution in [0.5, 0.6) is 0 Å². The summed E-state index contributed by atoms with van der Waals surface area (Å²) in [7, 11) is 6.23. The fourth-order valence-corrected chi connectivity index (χ4v) is 5.97. The molecule has 10 heteroatoms. The monoisotopic (exact) mass is 588 g/mol. The second-order valence-electron chi connectivity index (χ2n) is 11.5. The lowest BCUT2D eigenvalue weighted by Gasteiger charge is -2.62. The molecule has 2 aliphatic heterocycles. The summed E-state index contributed by atoms with van der Waals surface area (Å²) in [4.78, 5) is 0. The summed E-state index contributed by atoms with van der Waals surface area (Å²) in [5, 5.41) is 0. The number of rotatable bonds is 10. The molecule has 5 rings (SSSR count). The molecule has 1 aliphatic carbocycles. The predicted molar refractivity (Wildman–Crippen MR) is 151 cm³/mol. The maximum Gasteiger partial charge on any atom is 0.220 e. The first kappa shape index (κ1) is 31.5. The molecule has 0 aromatic heterocycles. The van der Waals surface area contributed by atoms with Gasteiger partial charge in [-0.25, -0.2) is 0 Å². The number of hydrogen-bond acceptors (Lipinski definition) is 10. The van der Waals surface area contributed by atoms with Gasteiger partial charge >= 0.3 is 0 Å². The molecule has 1 saturated carbocycles. The molecule has 3 fully saturated rings. The van der Waals surface area contributed by atoms with E-state index in [0.717, 1.165) is 11.1 Å². The lowest BCUT2D eigenvalue weighted by molar-refractivity contribution is -0.507. The highest BCUT2D eigenvalue weighted by atomic mass is 16.8. The van der Waals surface area contributed by atoms with Crippen LogP contribution in [0.15, 0.2) is 60.7 Å². The van der Waals surface area contributed by atoms with Gasteiger partial charge in [0.05, 0.1) is 13.2 Å². The van der Waals surface area contributed by atoms with Crippen LogP contribution < -0.4 is 0 Å². The highest BCUT2D eigenvalue weighted by Gasteiger charge is 2.69. The fraction of sp³-hybridized carbons (Fsp3) is 0.625. The van der Waals surface area contributed by atoms with Crippen molar-refractivity contribution < 1.29 is 47.4 Å². The minimum atomic E-state index is -1.28. The third-order valence-corrected chi connectivity index (χ3v) is 9.17. The maximum absolute atomic E-state index is 6.76. The van der Waals surface area contributed by atoms with Gasteiger partial charge in [-0.15, -0.1) is 0 Å². The Morgan fingerprint density at radius 1 is 0.476 bits per heavy atom. The van der Waals surface area contributed by atoms with E-state index in [1.165, 1.54) is 0 Å². The Morgan fingerprint density at radius 3 is 0.976 bits per heavy atom. The predicted octanol–water partition coefficient (Wildman–Crippen LogP) is 4.19. The number of hydrogen-bond donors (Lipinski definition) is 0. The Hall–Kier alpha value is -1.96. The number of ether oxygens (including phenoxy) is 10. The lowest BCUT2D eigenvalue weighted by Crippen LogP contribution is -2.79. The lowest BCUT2D eigenvalue weighted by atomic mass is 9.80. The third kappa shape index (κ3) is 5.43. The van der Waals surface area contributed by atoms with Crippen LogP contribution in [0, 0.1) is 0 Å². The van der Waals surface area contributed by atoms with Crippen LogP contribution in [-0.2, 0) is 60.6 Å². The molecule has 232 valence electrons. The highest BCUT2D eigenvalue weighted by Crippen LogP contribution is 2.50. The normalized spacial score (nSPS) is 41.6. The SMILES string of the molecule is CO[C@@]1(C)O[C@@H]2[C@@H](OCc3ccccc3)[C@@H]3O[C@@](C)(OC)[C@](C)(OC)O[C@H]3[C@@H](OCc3ccccc3)[C@H]2O[C@]1(C)OC. The molecule has 2 aromatic carbocycles. The Kier molecular flexibility index (Phi) is 9.14. The van der Waals surface area contributed by atoms with Crippen molar-refractivity contribution in [2.45, 2.75) is 101 Å². The van der Waals surface area contributed by atoms with E-state index in [1.54, 1.807) is 56.1 Å². The van der Waals surface area contributed by atoms with Crippen LogP contribution in [0.1, 0.15) is 38.8 Å². The van der Waals surface area contributed by atoms with Gasteiger partial charge in [0, 0.05) is 28.4 Å². The van der Waals surface area contributed by atoms with E-state index in [0.29, 0.717) is 13.2 Å². The van der Waals surface area contributed by atoms with Crippen molar-refractivity contribution in [3.8, 4) is 0 Å². The van der Waals surface area contributed by atoms with Crippen molar-refractivity contribution in [3.63, 3.8) is 0 Å². The number of methoxy groups -OCH3 is 4. The summed E-state index contributed by atoms with van der Waals surface area (Å²) in [5.74, 6) is -5.13. The maximum atomic E-state index is 6.76. The molecule has 3 aliphatic rings. The van der Waals surface area contributed by atoms with Crippen molar-refractivity contribution in [2.75, 3.05) is 28.4 Å². The molecule has 10 atom stereocenters. The standard InChI is InChI=1S/C32H44O10/c1-29(33-5)30(2,34-6)40-26-24(38-20-22-17-13-10-14-18-22)28-27(41-31(3,35-7)32(4,36-8)42-28)23(25(26)39-29)37-19-21-15-11-9-12-16-21/h9-18,23-28H,19-20H2,1-8H3/t23-,24+,25-,26-,27+,28+,29+,30+,31-,32-. The van der Waals surface area contributed by atoms with Gasteiger partial charge in [-0.05, 0) is 38.8 Å². The molecule has 10 nitrogen and oxygen atoms in total. The van der Waals surface area contributed by atoms with Crippen LogP contribution in [-0.4, -0.2) is 88.2 Å². The molecule has 42 heavy (non-hydrogen) atoms. The van der Waals surface area contributed by atoms with Crippen LogP contribution in [0.4, 0.5) is 0 Å². The molecule has 2 saturated heterocycles. The van der Waals surface area contributed by atoms with E-state index in [1.807, 2.05) is 60.7 Å². The minimum absolute atomic E-state index is 0.302. The second-order valence-corrected chi connectivity index (χ2v) is 11.5. The van der Waals surface area contributed by atoms with E-state index in [2.05, 4.69) is 0 Å². The van der Waals surface area contributed by atoms with E-state index in [-0.39, 0.29) is 0 Å². The molecule has 0 amide bonds. The number of fused-ring (bicyclic) bond motifs is 2. The van der Waals surface area contributed by atoms with Gasteiger partial charge in [-0.2, -0.15) is 0 Å². The fourth-order valence-electron chi connectivity index (χ4n) is 5.97. The largest absolute Gasteiger partial charge is 0.368 e. The number of benzene rings is 2. The smallest absolute Gasteiger partial charge is 0.220 e. The van der Waals surface area contributed by atoms with E-state index >= 15 is 0 Å².